The van der Waals surface area contributed by atoms with E-state index in [1.165, 1.54) is 25.4 Å². The number of methoxy groups -OCH3 is 1. The molecule has 90 valence electrons. The van der Waals surface area contributed by atoms with Crippen LogP contribution >= 0.6 is 23.7 Å². The second kappa shape index (κ2) is 7.02. The Kier molecular flexibility index (Phi) is 6.43. The number of anilines is 1. The zero-order valence-electron chi connectivity index (χ0n) is 8.77. The Labute approximate surface area is 103 Å². The summed E-state index contributed by atoms with van der Waals surface area (Å²) in [6, 6.07) is 0. The first-order chi connectivity index (χ1) is 7.11. The van der Waals surface area contributed by atoms with Crippen molar-refractivity contribution in [2.24, 2.45) is 0 Å². The van der Waals surface area contributed by atoms with Crippen LogP contribution in [0.15, 0.2) is 5.38 Å². The Bertz CT molecular complexity index is 369. The number of nitrogens with one attached hydrogen (secondary N) is 2. The lowest BCUT2D eigenvalue weighted by molar-refractivity contribution is -0.139. The molecule has 1 amide bonds. The minimum atomic E-state index is -0.341. The van der Waals surface area contributed by atoms with E-state index in [4.69, 9.17) is 0 Å². The number of nitrogens with zero attached hydrogens (tertiary/aromatic N) is 1. The minimum absolute atomic E-state index is 0. The van der Waals surface area contributed by atoms with Crippen LogP contribution in [0.4, 0.5) is 5.13 Å². The van der Waals surface area contributed by atoms with E-state index in [-0.39, 0.29) is 30.7 Å². The highest BCUT2D eigenvalue weighted by Crippen LogP contribution is 2.14. The molecule has 8 heteroatoms. The molecule has 0 radical (unpaired) electrons. The van der Waals surface area contributed by atoms with Gasteiger partial charge in [0.25, 0.3) is 0 Å². The Hall–Kier alpha value is -1.34. The number of hydrogen-bond donors (Lipinski definition) is 2. The molecule has 16 heavy (non-hydrogen) atoms. The number of hydrogen-bond acceptors (Lipinski definition) is 6. The molecule has 0 aliphatic carbocycles. The van der Waals surface area contributed by atoms with Crippen LogP contribution in [0.5, 0.6) is 0 Å². The fourth-order valence-electron chi connectivity index (χ4n) is 0.807. The molecule has 0 saturated carbocycles. The van der Waals surface area contributed by atoms with Crippen molar-refractivity contribution in [2.75, 3.05) is 12.5 Å². The van der Waals surface area contributed by atoms with Crippen molar-refractivity contribution in [3.8, 4) is 0 Å². The van der Waals surface area contributed by atoms with E-state index in [1.54, 1.807) is 5.38 Å². The predicted molar refractivity (Wildman–Crippen MR) is 62.5 cm³/mol. The number of carbonyl (C=O) groups is 2. The lowest BCUT2D eigenvalue weighted by Crippen LogP contribution is -2.26. The van der Waals surface area contributed by atoms with Gasteiger partial charge < -0.3 is 4.74 Å². The van der Waals surface area contributed by atoms with Gasteiger partial charge in [-0.05, 0) is 0 Å². The lowest BCUT2D eigenvalue weighted by atomic mass is 10.3. The van der Waals surface area contributed by atoms with Crippen molar-refractivity contribution in [3.05, 3.63) is 11.1 Å². The standard InChI is InChI=1S/C8H11N3O3S.ClH/c1-5(12)10-11-8-9-6(4-15-8)3-7(13)14-2;/h4H,3H2,1-2H3,(H,9,11)(H,10,12);1H. The van der Waals surface area contributed by atoms with E-state index < -0.39 is 0 Å². The molecule has 0 spiro atoms. The van der Waals surface area contributed by atoms with E-state index in [0.29, 0.717) is 10.8 Å². The molecule has 0 atom stereocenters. The molecule has 0 fully saturated rings. The van der Waals surface area contributed by atoms with E-state index in [9.17, 15) is 9.59 Å². The van der Waals surface area contributed by atoms with Gasteiger partial charge in [0.15, 0.2) is 0 Å². The van der Waals surface area contributed by atoms with Crippen LogP contribution in [-0.4, -0.2) is 24.0 Å². The first-order valence-electron chi connectivity index (χ1n) is 4.15. The number of amides is 1. The number of rotatable bonds is 4. The number of thiazole rings is 1. The molecule has 1 heterocycles. The third-order valence-electron chi connectivity index (χ3n) is 1.45. The molecule has 2 N–H and O–H groups in total. The maximum atomic E-state index is 10.9. The van der Waals surface area contributed by atoms with Gasteiger partial charge in [0.2, 0.25) is 11.0 Å². The van der Waals surface area contributed by atoms with Crippen molar-refractivity contribution >= 4 is 40.8 Å². The Balaban J connectivity index is 0.00000225. The monoisotopic (exact) mass is 265 g/mol. The summed E-state index contributed by atoms with van der Waals surface area (Å²) in [5.74, 6) is -0.550. The zero-order valence-corrected chi connectivity index (χ0v) is 10.4. The summed E-state index contributed by atoms with van der Waals surface area (Å²) in [5, 5.41) is 2.25. The van der Waals surface area contributed by atoms with Crippen molar-refractivity contribution in [2.45, 2.75) is 13.3 Å². The number of hydrazine groups is 1. The average molecular weight is 266 g/mol. The summed E-state index contributed by atoms with van der Waals surface area (Å²) in [5.41, 5.74) is 5.61. The van der Waals surface area contributed by atoms with Crippen LogP contribution < -0.4 is 10.9 Å². The number of halogens is 1. The van der Waals surface area contributed by atoms with E-state index in [0.717, 1.165) is 0 Å². The van der Waals surface area contributed by atoms with Gasteiger partial charge in [-0.1, -0.05) is 0 Å². The predicted octanol–water partition coefficient (Wildman–Crippen LogP) is 0.743. The second-order valence-electron chi connectivity index (χ2n) is 2.70. The number of aromatic nitrogens is 1. The highest BCUT2D eigenvalue weighted by molar-refractivity contribution is 7.13. The summed E-state index contributed by atoms with van der Waals surface area (Å²) in [6.45, 7) is 1.38. The summed E-state index contributed by atoms with van der Waals surface area (Å²) >= 11 is 1.30. The van der Waals surface area contributed by atoms with Crippen LogP contribution in [0.1, 0.15) is 12.6 Å². The van der Waals surface area contributed by atoms with E-state index >= 15 is 0 Å². The first kappa shape index (κ1) is 14.7. The molecular formula is C8H12ClN3O3S. The topological polar surface area (TPSA) is 80.3 Å². The molecule has 0 bridgehead atoms. The molecule has 1 rings (SSSR count). The summed E-state index contributed by atoms with van der Waals surface area (Å²) in [7, 11) is 1.32. The highest BCUT2D eigenvalue weighted by Gasteiger charge is 2.07. The molecule has 0 aliphatic rings. The molecule has 0 saturated heterocycles. The maximum Gasteiger partial charge on any atom is 0.311 e. The highest BCUT2D eigenvalue weighted by atomic mass is 35.5. The normalized spacial score (nSPS) is 8.88. The van der Waals surface area contributed by atoms with Crippen molar-refractivity contribution in [1.82, 2.24) is 10.4 Å². The van der Waals surface area contributed by atoms with Gasteiger partial charge >= 0.3 is 5.97 Å². The Morgan fingerprint density at radius 1 is 1.56 bits per heavy atom. The van der Waals surface area contributed by atoms with Crippen LogP contribution in [0.3, 0.4) is 0 Å². The fraction of sp³-hybridized carbons (Fsp3) is 0.375. The number of esters is 1. The summed E-state index contributed by atoms with van der Waals surface area (Å²) in [4.78, 5) is 25.5. The van der Waals surface area contributed by atoms with Gasteiger partial charge in [-0.3, -0.25) is 20.4 Å². The van der Waals surface area contributed by atoms with Gasteiger partial charge in [0.1, 0.15) is 0 Å². The minimum Gasteiger partial charge on any atom is -0.469 e. The molecule has 1 aromatic rings. The van der Waals surface area contributed by atoms with E-state index in [2.05, 4.69) is 20.6 Å². The quantitative estimate of drug-likeness (QED) is 0.620. The Morgan fingerprint density at radius 2 is 2.25 bits per heavy atom. The van der Waals surface area contributed by atoms with Crippen LogP contribution in [0.2, 0.25) is 0 Å². The third kappa shape index (κ3) is 4.94. The SMILES string of the molecule is COC(=O)Cc1csc(NNC(C)=O)n1.Cl. The first-order valence-corrected chi connectivity index (χ1v) is 5.03. The lowest BCUT2D eigenvalue weighted by Gasteiger charge is -2.00. The average Bonchev–Trinajstić information content (AvgIpc) is 2.62. The number of carbonyl (C=O) groups excluding carboxylic acids is 2. The van der Waals surface area contributed by atoms with Crippen LogP contribution in [0.25, 0.3) is 0 Å². The van der Waals surface area contributed by atoms with Gasteiger partial charge in [-0.15, -0.1) is 23.7 Å². The maximum absolute atomic E-state index is 10.9. The molecule has 0 aliphatic heterocycles. The molecule has 1 aromatic heterocycles. The fourth-order valence-corrected chi connectivity index (χ4v) is 1.47. The molecule has 0 aromatic carbocycles. The summed E-state index contributed by atoms with van der Waals surface area (Å²) in [6.07, 6.45) is 0.134. The van der Waals surface area contributed by atoms with Gasteiger partial charge in [-0.2, -0.15) is 0 Å². The second-order valence-corrected chi connectivity index (χ2v) is 3.56. The zero-order chi connectivity index (χ0) is 11.3. The molecule has 6 nitrogen and oxygen atoms in total. The van der Waals surface area contributed by atoms with Gasteiger partial charge in [-0.25, -0.2) is 4.98 Å². The Morgan fingerprint density at radius 3 is 2.81 bits per heavy atom. The summed E-state index contributed by atoms with van der Waals surface area (Å²) < 4.78 is 4.50. The van der Waals surface area contributed by atoms with Crippen LogP contribution in [-0.2, 0) is 20.7 Å². The van der Waals surface area contributed by atoms with Crippen LogP contribution in [0, 0.1) is 0 Å². The third-order valence-corrected chi connectivity index (χ3v) is 2.26. The molecular weight excluding hydrogens is 254 g/mol. The largest absolute Gasteiger partial charge is 0.469 e. The van der Waals surface area contributed by atoms with Gasteiger partial charge in [0.05, 0.1) is 19.2 Å². The van der Waals surface area contributed by atoms with Crippen molar-refractivity contribution < 1.29 is 14.3 Å². The smallest absolute Gasteiger partial charge is 0.311 e. The number of ether oxygens (including phenoxy) is 1. The van der Waals surface area contributed by atoms with Crippen molar-refractivity contribution in [1.29, 1.82) is 0 Å². The molecule has 0 unspecified atom stereocenters. The van der Waals surface area contributed by atoms with Crippen molar-refractivity contribution in [3.63, 3.8) is 0 Å². The van der Waals surface area contributed by atoms with Gasteiger partial charge in [0, 0.05) is 12.3 Å². The van der Waals surface area contributed by atoms with E-state index in [1.807, 2.05) is 0 Å².